The molecule has 0 aromatic carbocycles. The number of halogens is 1. The van der Waals surface area contributed by atoms with Crippen LogP contribution in [0.15, 0.2) is 0 Å². The molecule has 0 bridgehead atoms. The maximum absolute atomic E-state index is 5.83. The van der Waals surface area contributed by atoms with E-state index in [0.29, 0.717) is 6.04 Å². The van der Waals surface area contributed by atoms with Crippen LogP contribution in [0.1, 0.15) is 39.5 Å². The molecular weight excluding hydrogens is 186 g/mol. The van der Waals surface area contributed by atoms with E-state index in [-0.39, 0.29) is 18.1 Å². The maximum Gasteiger partial charge on any atom is 0.119 e. The first-order chi connectivity index (χ1) is 5.71. The highest BCUT2D eigenvalue weighted by Gasteiger charge is 2.41. The van der Waals surface area contributed by atoms with Crippen LogP contribution < -0.4 is 5.32 Å². The summed E-state index contributed by atoms with van der Waals surface area (Å²) in [6, 6.07) is 0.538. The van der Waals surface area contributed by atoms with Crippen molar-refractivity contribution < 1.29 is 4.74 Å². The van der Waals surface area contributed by atoms with Crippen molar-refractivity contribution in [2.75, 3.05) is 6.61 Å². The zero-order valence-corrected chi connectivity index (χ0v) is 9.32. The first-order valence-corrected chi connectivity index (χ1v) is 5.12. The molecule has 1 saturated carbocycles. The molecule has 2 fully saturated rings. The fraction of sp³-hybridized carbons (Fsp3) is 1.00. The highest BCUT2D eigenvalue weighted by Crippen LogP contribution is 2.36. The normalized spacial score (nSPS) is 40.6. The molecule has 2 unspecified atom stereocenters. The van der Waals surface area contributed by atoms with E-state index in [1.165, 1.54) is 25.7 Å². The van der Waals surface area contributed by atoms with Gasteiger partial charge in [0.1, 0.15) is 5.72 Å². The van der Waals surface area contributed by atoms with Crippen molar-refractivity contribution in [1.29, 1.82) is 0 Å². The molecule has 2 atom stereocenters. The lowest BCUT2D eigenvalue weighted by molar-refractivity contribution is -0.0408. The lowest BCUT2D eigenvalue weighted by Crippen LogP contribution is -2.46. The van der Waals surface area contributed by atoms with Crippen LogP contribution in [0.3, 0.4) is 0 Å². The van der Waals surface area contributed by atoms with Gasteiger partial charge in [-0.3, -0.25) is 5.32 Å². The largest absolute Gasteiger partial charge is 0.359 e. The number of hydrogen-bond acceptors (Lipinski definition) is 2. The van der Waals surface area contributed by atoms with E-state index < -0.39 is 0 Å². The van der Waals surface area contributed by atoms with E-state index >= 15 is 0 Å². The number of ether oxygens (including phenoxy) is 1. The summed E-state index contributed by atoms with van der Waals surface area (Å²) in [4.78, 5) is 0. The Morgan fingerprint density at radius 2 is 1.92 bits per heavy atom. The standard InChI is InChI=1S/C10H19NO.ClH/c1-8-7-12-10(2,11-8)9-5-3-4-6-9;/h8-9,11H,3-7H2,1-2H3;1H. The monoisotopic (exact) mass is 205 g/mol. The second-order valence-electron chi connectivity index (χ2n) is 4.44. The third kappa shape index (κ3) is 2.17. The Bertz CT molecular complexity index is 170. The molecule has 3 heteroatoms. The molecular formula is C10H20ClNO. The molecule has 1 aliphatic carbocycles. The molecule has 1 N–H and O–H groups in total. The Morgan fingerprint density at radius 3 is 2.38 bits per heavy atom. The van der Waals surface area contributed by atoms with Gasteiger partial charge in [-0.1, -0.05) is 12.8 Å². The van der Waals surface area contributed by atoms with Gasteiger partial charge >= 0.3 is 0 Å². The molecule has 2 rings (SSSR count). The Balaban J connectivity index is 0.000000845. The molecule has 2 aliphatic rings. The zero-order valence-electron chi connectivity index (χ0n) is 8.51. The molecule has 1 heterocycles. The summed E-state index contributed by atoms with van der Waals surface area (Å²) in [6.45, 7) is 5.29. The molecule has 0 spiro atoms. The van der Waals surface area contributed by atoms with Crippen LogP contribution in [-0.4, -0.2) is 18.4 Å². The highest BCUT2D eigenvalue weighted by molar-refractivity contribution is 5.85. The van der Waals surface area contributed by atoms with Crippen LogP contribution in [-0.2, 0) is 4.74 Å². The minimum atomic E-state index is -0.00405. The van der Waals surface area contributed by atoms with Crippen molar-refractivity contribution in [3.63, 3.8) is 0 Å². The quantitative estimate of drug-likeness (QED) is 0.710. The van der Waals surface area contributed by atoms with Gasteiger partial charge in [-0.25, -0.2) is 0 Å². The Morgan fingerprint density at radius 1 is 1.31 bits per heavy atom. The molecule has 0 aromatic heterocycles. The van der Waals surface area contributed by atoms with E-state index in [1.54, 1.807) is 0 Å². The fourth-order valence-electron chi connectivity index (χ4n) is 2.58. The van der Waals surface area contributed by atoms with Gasteiger partial charge in [-0.15, -0.1) is 12.4 Å². The van der Waals surface area contributed by atoms with E-state index in [0.717, 1.165) is 12.5 Å². The first kappa shape index (κ1) is 11.3. The van der Waals surface area contributed by atoms with Crippen LogP contribution in [0, 0.1) is 5.92 Å². The smallest absolute Gasteiger partial charge is 0.119 e. The van der Waals surface area contributed by atoms with Crippen LogP contribution in [0.5, 0.6) is 0 Å². The van der Waals surface area contributed by atoms with E-state index in [4.69, 9.17) is 4.74 Å². The third-order valence-corrected chi connectivity index (χ3v) is 3.30. The molecule has 2 nitrogen and oxygen atoms in total. The Kier molecular flexibility index (Phi) is 3.61. The van der Waals surface area contributed by atoms with Crippen molar-refractivity contribution in [2.45, 2.75) is 51.3 Å². The van der Waals surface area contributed by atoms with Crippen molar-refractivity contribution >= 4 is 12.4 Å². The average Bonchev–Trinajstić information content (AvgIpc) is 2.59. The van der Waals surface area contributed by atoms with Gasteiger partial charge in [0.15, 0.2) is 0 Å². The molecule has 78 valence electrons. The van der Waals surface area contributed by atoms with Crippen LogP contribution in [0.4, 0.5) is 0 Å². The summed E-state index contributed by atoms with van der Waals surface area (Å²) in [5, 5.41) is 3.55. The second-order valence-corrected chi connectivity index (χ2v) is 4.44. The van der Waals surface area contributed by atoms with Crippen molar-refractivity contribution in [1.82, 2.24) is 5.32 Å². The lowest BCUT2D eigenvalue weighted by Gasteiger charge is -2.30. The predicted octanol–water partition coefficient (Wildman–Crippen LogP) is 2.32. The fourth-order valence-corrected chi connectivity index (χ4v) is 2.58. The maximum atomic E-state index is 5.83. The summed E-state index contributed by atoms with van der Waals surface area (Å²) in [5.41, 5.74) is -0.00405. The van der Waals surface area contributed by atoms with Gasteiger partial charge < -0.3 is 4.74 Å². The third-order valence-electron chi connectivity index (χ3n) is 3.30. The van der Waals surface area contributed by atoms with Gasteiger partial charge in [0.25, 0.3) is 0 Å². The predicted molar refractivity (Wildman–Crippen MR) is 56.2 cm³/mol. The lowest BCUT2D eigenvalue weighted by atomic mass is 9.96. The number of nitrogens with one attached hydrogen (secondary N) is 1. The SMILES string of the molecule is CC1COC(C)(C2CCCC2)N1.Cl. The minimum Gasteiger partial charge on any atom is -0.359 e. The summed E-state index contributed by atoms with van der Waals surface area (Å²) in [6.07, 6.45) is 5.46. The molecule has 0 radical (unpaired) electrons. The highest BCUT2D eigenvalue weighted by atomic mass is 35.5. The van der Waals surface area contributed by atoms with Crippen LogP contribution in [0.25, 0.3) is 0 Å². The van der Waals surface area contributed by atoms with Gasteiger partial charge in [-0.05, 0) is 26.7 Å². The second kappa shape index (κ2) is 4.16. The van der Waals surface area contributed by atoms with Crippen LogP contribution >= 0.6 is 12.4 Å². The Labute approximate surface area is 86.8 Å². The topological polar surface area (TPSA) is 21.3 Å². The summed E-state index contributed by atoms with van der Waals surface area (Å²) in [5.74, 6) is 0.752. The van der Waals surface area contributed by atoms with E-state index in [1.807, 2.05) is 0 Å². The zero-order chi connectivity index (χ0) is 8.60. The van der Waals surface area contributed by atoms with Crippen molar-refractivity contribution in [3.8, 4) is 0 Å². The average molecular weight is 206 g/mol. The Hall–Kier alpha value is 0.210. The molecule has 1 saturated heterocycles. The first-order valence-electron chi connectivity index (χ1n) is 5.12. The molecule has 13 heavy (non-hydrogen) atoms. The number of rotatable bonds is 1. The molecule has 0 amide bonds. The van der Waals surface area contributed by atoms with E-state index in [9.17, 15) is 0 Å². The summed E-state index contributed by atoms with van der Waals surface area (Å²) >= 11 is 0. The van der Waals surface area contributed by atoms with Gasteiger partial charge in [-0.2, -0.15) is 0 Å². The summed E-state index contributed by atoms with van der Waals surface area (Å²) < 4.78 is 5.83. The number of hydrogen-bond donors (Lipinski definition) is 1. The molecule has 0 aromatic rings. The van der Waals surface area contributed by atoms with Crippen LogP contribution in [0.2, 0.25) is 0 Å². The van der Waals surface area contributed by atoms with Crippen molar-refractivity contribution in [3.05, 3.63) is 0 Å². The van der Waals surface area contributed by atoms with Gasteiger partial charge in [0, 0.05) is 12.0 Å². The van der Waals surface area contributed by atoms with Crippen molar-refractivity contribution in [2.24, 2.45) is 5.92 Å². The molecule has 1 aliphatic heterocycles. The van der Waals surface area contributed by atoms with E-state index in [2.05, 4.69) is 19.2 Å². The van der Waals surface area contributed by atoms with Gasteiger partial charge in [0.2, 0.25) is 0 Å². The van der Waals surface area contributed by atoms with Gasteiger partial charge in [0.05, 0.1) is 6.61 Å². The summed E-state index contributed by atoms with van der Waals surface area (Å²) in [7, 11) is 0. The minimum absolute atomic E-state index is 0.